The predicted octanol–water partition coefficient (Wildman–Crippen LogP) is 3.35. The van der Waals surface area contributed by atoms with Gasteiger partial charge in [-0.2, -0.15) is 0 Å². The van der Waals surface area contributed by atoms with Crippen molar-refractivity contribution in [2.75, 3.05) is 11.9 Å². The van der Waals surface area contributed by atoms with Gasteiger partial charge < -0.3 is 4.74 Å². The Balaban J connectivity index is 2.85. The SMILES string of the molecule is CCOc1ccc(Br)c(CC(=O)CBr)c1. The van der Waals surface area contributed by atoms with Gasteiger partial charge in [-0.15, -0.1) is 0 Å². The van der Waals surface area contributed by atoms with Crippen molar-refractivity contribution in [1.82, 2.24) is 0 Å². The van der Waals surface area contributed by atoms with Crippen LogP contribution in [-0.2, 0) is 11.2 Å². The Bertz CT molecular complexity index is 350. The van der Waals surface area contributed by atoms with Crippen LogP contribution in [-0.4, -0.2) is 17.7 Å². The molecule has 0 saturated carbocycles. The summed E-state index contributed by atoms with van der Waals surface area (Å²) in [4.78, 5) is 11.3. The van der Waals surface area contributed by atoms with Gasteiger partial charge in [0.15, 0.2) is 0 Å². The summed E-state index contributed by atoms with van der Waals surface area (Å²) in [5, 5.41) is 0.387. The number of halogens is 2. The molecule has 0 radical (unpaired) electrons. The van der Waals surface area contributed by atoms with Crippen molar-refractivity contribution in [2.24, 2.45) is 0 Å². The van der Waals surface area contributed by atoms with E-state index in [1.54, 1.807) is 0 Å². The Kier molecular flexibility index (Phi) is 5.32. The van der Waals surface area contributed by atoms with Gasteiger partial charge in [-0.25, -0.2) is 0 Å². The van der Waals surface area contributed by atoms with E-state index in [0.717, 1.165) is 15.8 Å². The first kappa shape index (κ1) is 12.7. The number of Topliss-reactive ketones (excluding diaryl/α,β-unsaturated/α-hetero) is 1. The maximum Gasteiger partial charge on any atom is 0.147 e. The highest BCUT2D eigenvalue weighted by molar-refractivity contribution is 9.10. The molecule has 0 aliphatic heterocycles. The topological polar surface area (TPSA) is 26.3 Å². The molecule has 1 aromatic carbocycles. The number of rotatable bonds is 5. The van der Waals surface area contributed by atoms with E-state index in [1.165, 1.54) is 0 Å². The fraction of sp³-hybridized carbons (Fsp3) is 0.364. The maximum absolute atomic E-state index is 11.3. The summed E-state index contributed by atoms with van der Waals surface area (Å²) in [6.45, 7) is 2.57. The van der Waals surface area contributed by atoms with Crippen molar-refractivity contribution in [3.8, 4) is 5.75 Å². The van der Waals surface area contributed by atoms with Crippen LogP contribution in [0.2, 0.25) is 0 Å². The number of hydrogen-bond donors (Lipinski definition) is 0. The lowest BCUT2D eigenvalue weighted by molar-refractivity contribution is -0.115. The van der Waals surface area contributed by atoms with Crippen LogP contribution >= 0.6 is 31.9 Å². The molecule has 0 saturated heterocycles. The zero-order valence-corrected chi connectivity index (χ0v) is 11.6. The molecule has 0 fully saturated rings. The van der Waals surface area contributed by atoms with E-state index >= 15 is 0 Å². The highest BCUT2D eigenvalue weighted by Gasteiger charge is 2.07. The molecule has 0 atom stereocenters. The number of carbonyl (C=O) groups excluding carboxylic acids is 1. The third kappa shape index (κ3) is 3.95. The molecule has 0 spiro atoms. The van der Waals surface area contributed by atoms with Crippen LogP contribution < -0.4 is 4.74 Å². The fourth-order valence-electron chi connectivity index (χ4n) is 1.20. The molecular weight excluding hydrogens is 324 g/mol. The van der Waals surface area contributed by atoms with Crippen molar-refractivity contribution in [2.45, 2.75) is 13.3 Å². The van der Waals surface area contributed by atoms with Gasteiger partial charge in [0, 0.05) is 10.9 Å². The lowest BCUT2D eigenvalue weighted by Crippen LogP contribution is -2.04. The first-order valence-corrected chi connectivity index (χ1v) is 6.57. The summed E-state index contributed by atoms with van der Waals surface area (Å²) in [7, 11) is 0. The Morgan fingerprint density at radius 3 is 2.80 bits per heavy atom. The normalized spacial score (nSPS) is 10.1. The van der Waals surface area contributed by atoms with Crippen LogP contribution in [0.25, 0.3) is 0 Å². The minimum Gasteiger partial charge on any atom is -0.494 e. The Hall–Kier alpha value is -0.350. The van der Waals surface area contributed by atoms with Gasteiger partial charge in [0.05, 0.1) is 11.9 Å². The molecule has 1 rings (SSSR count). The number of benzene rings is 1. The molecule has 0 aromatic heterocycles. The van der Waals surface area contributed by atoms with Crippen molar-refractivity contribution in [1.29, 1.82) is 0 Å². The fourth-order valence-corrected chi connectivity index (χ4v) is 1.79. The maximum atomic E-state index is 11.3. The van der Waals surface area contributed by atoms with Crippen LogP contribution in [0.15, 0.2) is 22.7 Å². The molecule has 4 heteroatoms. The number of carbonyl (C=O) groups is 1. The molecule has 0 aliphatic carbocycles. The summed E-state index contributed by atoms with van der Waals surface area (Å²) in [6.07, 6.45) is 0.423. The number of alkyl halides is 1. The highest BCUT2D eigenvalue weighted by atomic mass is 79.9. The second-order valence-electron chi connectivity index (χ2n) is 3.04. The largest absolute Gasteiger partial charge is 0.494 e. The lowest BCUT2D eigenvalue weighted by atomic mass is 10.1. The van der Waals surface area contributed by atoms with Gasteiger partial charge in [0.2, 0.25) is 0 Å². The second-order valence-corrected chi connectivity index (χ2v) is 4.45. The summed E-state index contributed by atoms with van der Waals surface area (Å²) in [6, 6.07) is 5.69. The smallest absolute Gasteiger partial charge is 0.147 e. The van der Waals surface area contributed by atoms with Crippen molar-refractivity contribution >= 4 is 37.6 Å². The highest BCUT2D eigenvalue weighted by Crippen LogP contribution is 2.23. The predicted molar refractivity (Wildman–Crippen MR) is 67.8 cm³/mol. The first-order valence-electron chi connectivity index (χ1n) is 4.66. The zero-order chi connectivity index (χ0) is 11.3. The molecule has 82 valence electrons. The average Bonchev–Trinajstić information content (AvgIpc) is 2.23. The van der Waals surface area contributed by atoms with Gasteiger partial charge >= 0.3 is 0 Å². The summed E-state index contributed by atoms with van der Waals surface area (Å²) in [5.74, 6) is 0.961. The molecule has 0 aliphatic rings. The van der Waals surface area contributed by atoms with E-state index in [1.807, 2.05) is 25.1 Å². The third-order valence-corrected chi connectivity index (χ3v) is 3.26. The number of ether oxygens (including phenoxy) is 1. The number of hydrogen-bond acceptors (Lipinski definition) is 2. The standard InChI is InChI=1S/C11H12Br2O2/c1-2-15-10-3-4-11(13)8(6-10)5-9(14)7-12/h3-4,6H,2,5,7H2,1H3. The first-order chi connectivity index (χ1) is 7.17. The van der Waals surface area contributed by atoms with Gasteiger partial charge in [-0.1, -0.05) is 31.9 Å². The monoisotopic (exact) mass is 334 g/mol. The molecule has 15 heavy (non-hydrogen) atoms. The third-order valence-electron chi connectivity index (χ3n) is 1.86. The van der Waals surface area contributed by atoms with Crippen LogP contribution in [0.3, 0.4) is 0 Å². The molecule has 0 unspecified atom stereocenters. The summed E-state index contributed by atoms with van der Waals surface area (Å²) < 4.78 is 6.32. The van der Waals surface area contributed by atoms with E-state index in [4.69, 9.17) is 4.74 Å². The van der Waals surface area contributed by atoms with Crippen molar-refractivity contribution in [3.05, 3.63) is 28.2 Å². The average molecular weight is 336 g/mol. The molecule has 0 bridgehead atoms. The van der Waals surface area contributed by atoms with E-state index in [-0.39, 0.29) is 5.78 Å². The minimum atomic E-state index is 0.157. The van der Waals surface area contributed by atoms with Crippen LogP contribution in [0, 0.1) is 0 Å². The molecule has 1 aromatic rings. The quantitative estimate of drug-likeness (QED) is 0.771. The Labute approximate surface area is 106 Å². The van der Waals surface area contributed by atoms with Gasteiger partial charge in [-0.3, -0.25) is 4.79 Å². The van der Waals surface area contributed by atoms with E-state index in [9.17, 15) is 4.79 Å². The van der Waals surface area contributed by atoms with Crippen LogP contribution in [0.5, 0.6) is 5.75 Å². The van der Waals surface area contributed by atoms with Crippen LogP contribution in [0.4, 0.5) is 0 Å². The Morgan fingerprint density at radius 2 is 2.20 bits per heavy atom. The number of ketones is 1. The van der Waals surface area contributed by atoms with E-state index in [2.05, 4.69) is 31.9 Å². The Morgan fingerprint density at radius 1 is 1.47 bits per heavy atom. The van der Waals surface area contributed by atoms with E-state index < -0.39 is 0 Å². The summed E-state index contributed by atoms with van der Waals surface area (Å²) >= 11 is 6.57. The summed E-state index contributed by atoms with van der Waals surface area (Å²) in [5.41, 5.74) is 0.963. The lowest BCUT2D eigenvalue weighted by Gasteiger charge is -2.07. The molecular formula is C11H12Br2O2. The van der Waals surface area contributed by atoms with Crippen molar-refractivity contribution < 1.29 is 9.53 Å². The van der Waals surface area contributed by atoms with Gasteiger partial charge in [-0.05, 0) is 30.7 Å². The van der Waals surface area contributed by atoms with Crippen molar-refractivity contribution in [3.63, 3.8) is 0 Å². The zero-order valence-electron chi connectivity index (χ0n) is 8.43. The molecule has 0 amide bonds. The molecule has 2 nitrogen and oxygen atoms in total. The van der Waals surface area contributed by atoms with Gasteiger partial charge in [0.1, 0.15) is 11.5 Å². The molecule has 0 N–H and O–H groups in total. The van der Waals surface area contributed by atoms with Crippen LogP contribution in [0.1, 0.15) is 12.5 Å². The van der Waals surface area contributed by atoms with Gasteiger partial charge in [0.25, 0.3) is 0 Å². The second kappa shape index (κ2) is 6.28. The minimum absolute atomic E-state index is 0.157. The molecule has 0 heterocycles. The van der Waals surface area contributed by atoms with E-state index in [0.29, 0.717) is 18.4 Å².